The van der Waals surface area contributed by atoms with E-state index in [9.17, 15) is 9.59 Å². The molecule has 0 saturated heterocycles. The minimum absolute atomic E-state index is 0.147. The molecule has 33 heavy (non-hydrogen) atoms. The van der Waals surface area contributed by atoms with Crippen molar-refractivity contribution in [2.24, 2.45) is 0 Å². The largest absolute Gasteiger partial charge is 0.378 e. The zero-order chi connectivity index (χ0) is 23.4. The molecule has 2 amide bonds. The first-order chi connectivity index (χ1) is 15.9. The Morgan fingerprint density at radius 2 is 1.48 bits per heavy atom. The van der Waals surface area contributed by atoms with Gasteiger partial charge in [0.1, 0.15) is 5.82 Å². The summed E-state index contributed by atoms with van der Waals surface area (Å²) in [5.74, 6) is 0.188. The van der Waals surface area contributed by atoms with Gasteiger partial charge in [-0.15, -0.1) is 0 Å². The zero-order valence-corrected chi connectivity index (χ0v) is 18.7. The van der Waals surface area contributed by atoms with Gasteiger partial charge < -0.3 is 20.9 Å². The van der Waals surface area contributed by atoms with Crippen LogP contribution in [0.1, 0.15) is 17.3 Å². The van der Waals surface area contributed by atoms with Crippen LogP contribution in [0.15, 0.2) is 78.9 Å². The Kier molecular flexibility index (Phi) is 6.22. The molecular weight excluding hydrogens is 414 g/mol. The number of para-hydroxylation sites is 1. The van der Waals surface area contributed by atoms with Crippen LogP contribution >= 0.6 is 0 Å². The molecule has 166 valence electrons. The average Bonchev–Trinajstić information content (AvgIpc) is 2.79. The van der Waals surface area contributed by atoms with Gasteiger partial charge in [-0.3, -0.25) is 9.59 Å². The van der Waals surface area contributed by atoms with Crippen LogP contribution < -0.4 is 20.9 Å². The molecule has 0 saturated carbocycles. The molecule has 0 unspecified atom stereocenters. The molecule has 4 aromatic rings. The minimum Gasteiger partial charge on any atom is -0.378 e. The second-order valence-electron chi connectivity index (χ2n) is 7.85. The summed E-state index contributed by atoms with van der Waals surface area (Å²) < 4.78 is 0. The van der Waals surface area contributed by atoms with Crippen molar-refractivity contribution in [1.82, 2.24) is 4.98 Å². The number of aromatic nitrogens is 1. The number of nitrogens with zero attached hydrogens (tertiary/aromatic N) is 2. The highest BCUT2D eigenvalue weighted by atomic mass is 16.2. The highest BCUT2D eigenvalue weighted by Gasteiger charge is 2.14. The van der Waals surface area contributed by atoms with Crippen LogP contribution in [0.4, 0.5) is 28.6 Å². The number of hydrogen-bond donors (Lipinski definition) is 3. The Balaban J connectivity index is 1.63. The number of fused-ring (bicyclic) bond motifs is 1. The van der Waals surface area contributed by atoms with Gasteiger partial charge in [-0.05, 0) is 54.6 Å². The van der Waals surface area contributed by atoms with Crippen LogP contribution in [0.3, 0.4) is 0 Å². The molecule has 0 bridgehead atoms. The third kappa shape index (κ3) is 5.27. The number of anilines is 5. The van der Waals surface area contributed by atoms with Gasteiger partial charge in [0.2, 0.25) is 5.91 Å². The van der Waals surface area contributed by atoms with Crippen molar-refractivity contribution >= 4 is 51.3 Å². The summed E-state index contributed by atoms with van der Waals surface area (Å²) in [5.41, 5.74) is 4.46. The van der Waals surface area contributed by atoms with Crippen LogP contribution in [0, 0.1) is 0 Å². The van der Waals surface area contributed by atoms with Crippen LogP contribution in [-0.2, 0) is 4.79 Å². The van der Waals surface area contributed by atoms with E-state index in [0.29, 0.717) is 22.8 Å². The lowest BCUT2D eigenvalue weighted by molar-refractivity contribution is -0.114. The molecule has 0 aliphatic rings. The second kappa shape index (κ2) is 9.40. The first-order valence-electron chi connectivity index (χ1n) is 10.5. The topological polar surface area (TPSA) is 86.4 Å². The molecule has 1 aromatic heterocycles. The van der Waals surface area contributed by atoms with Crippen LogP contribution in [0.25, 0.3) is 10.9 Å². The SMILES string of the molecule is CC(=O)Nc1ccc(NC(=O)c2cc(Nc3cccc(N(C)C)c3)nc3ccccc23)cc1. The van der Waals surface area contributed by atoms with Gasteiger partial charge >= 0.3 is 0 Å². The number of pyridine rings is 1. The number of carbonyl (C=O) groups excluding carboxylic acids is 2. The van der Waals surface area contributed by atoms with E-state index in [1.807, 2.05) is 67.5 Å². The number of carbonyl (C=O) groups is 2. The van der Waals surface area contributed by atoms with Crippen molar-refractivity contribution in [3.63, 3.8) is 0 Å². The first kappa shape index (κ1) is 21.8. The van der Waals surface area contributed by atoms with Crippen molar-refractivity contribution in [3.8, 4) is 0 Å². The van der Waals surface area contributed by atoms with E-state index in [4.69, 9.17) is 0 Å². The fourth-order valence-electron chi connectivity index (χ4n) is 3.48. The van der Waals surface area contributed by atoms with Gasteiger partial charge in [0.15, 0.2) is 0 Å². The standard InChI is InChI=1S/C26H25N5O2/c1-17(32)27-18-11-13-19(14-12-18)29-26(33)23-16-25(30-24-10-5-4-9-22(23)24)28-20-7-6-8-21(15-20)31(2)3/h4-16H,1-3H3,(H,27,32)(H,28,30)(H,29,33). The van der Waals surface area contributed by atoms with Gasteiger partial charge in [-0.1, -0.05) is 24.3 Å². The van der Waals surface area contributed by atoms with Gasteiger partial charge in [-0.2, -0.15) is 0 Å². The van der Waals surface area contributed by atoms with Gasteiger partial charge in [-0.25, -0.2) is 4.98 Å². The number of hydrogen-bond acceptors (Lipinski definition) is 5. The van der Waals surface area contributed by atoms with Crippen molar-refractivity contribution in [3.05, 3.63) is 84.4 Å². The Labute approximate surface area is 192 Å². The fraction of sp³-hybridized carbons (Fsp3) is 0.115. The molecular formula is C26H25N5O2. The third-order valence-electron chi connectivity index (χ3n) is 5.06. The Morgan fingerprint density at radius 1 is 0.788 bits per heavy atom. The van der Waals surface area contributed by atoms with Crippen LogP contribution in [0.5, 0.6) is 0 Å². The van der Waals surface area contributed by atoms with Gasteiger partial charge in [0, 0.05) is 49.2 Å². The molecule has 0 fully saturated rings. The molecule has 0 spiro atoms. The van der Waals surface area contributed by atoms with Gasteiger partial charge in [0.05, 0.1) is 11.1 Å². The van der Waals surface area contributed by atoms with E-state index in [1.54, 1.807) is 30.3 Å². The lowest BCUT2D eigenvalue weighted by Gasteiger charge is -2.15. The molecule has 3 aromatic carbocycles. The van der Waals surface area contributed by atoms with E-state index >= 15 is 0 Å². The number of amides is 2. The number of benzene rings is 3. The number of rotatable bonds is 6. The molecule has 4 rings (SSSR count). The maximum absolute atomic E-state index is 13.2. The summed E-state index contributed by atoms with van der Waals surface area (Å²) in [5, 5.41) is 9.72. The summed E-state index contributed by atoms with van der Waals surface area (Å²) in [4.78, 5) is 31.1. The predicted octanol–water partition coefficient (Wildman–Crippen LogP) is 5.26. The zero-order valence-electron chi connectivity index (χ0n) is 18.7. The molecule has 1 heterocycles. The fourth-order valence-corrected chi connectivity index (χ4v) is 3.48. The summed E-state index contributed by atoms with van der Waals surface area (Å²) in [7, 11) is 3.97. The number of nitrogens with one attached hydrogen (secondary N) is 3. The summed E-state index contributed by atoms with van der Waals surface area (Å²) in [6.45, 7) is 1.45. The summed E-state index contributed by atoms with van der Waals surface area (Å²) in [6, 6.07) is 24.3. The Hall–Kier alpha value is -4.39. The summed E-state index contributed by atoms with van der Waals surface area (Å²) >= 11 is 0. The molecule has 0 atom stereocenters. The molecule has 3 N–H and O–H groups in total. The van der Waals surface area contributed by atoms with Crippen molar-refractivity contribution in [2.75, 3.05) is 34.9 Å². The molecule has 0 aliphatic carbocycles. The van der Waals surface area contributed by atoms with E-state index in [1.165, 1.54) is 6.92 Å². The summed E-state index contributed by atoms with van der Waals surface area (Å²) in [6.07, 6.45) is 0. The van der Waals surface area contributed by atoms with E-state index in [-0.39, 0.29) is 11.8 Å². The lowest BCUT2D eigenvalue weighted by Crippen LogP contribution is -2.13. The predicted molar refractivity (Wildman–Crippen MR) is 134 cm³/mol. The Morgan fingerprint density at radius 3 is 2.18 bits per heavy atom. The second-order valence-corrected chi connectivity index (χ2v) is 7.85. The minimum atomic E-state index is -0.244. The van der Waals surface area contributed by atoms with Crippen molar-refractivity contribution in [1.29, 1.82) is 0 Å². The van der Waals surface area contributed by atoms with Crippen molar-refractivity contribution < 1.29 is 9.59 Å². The highest BCUT2D eigenvalue weighted by molar-refractivity contribution is 6.13. The van der Waals surface area contributed by atoms with E-state index in [2.05, 4.69) is 20.9 Å². The Bertz CT molecular complexity index is 1320. The van der Waals surface area contributed by atoms with Crippen LogP contribution in [0.2, 0.25) is 0 Å². The lowest BCUT2D eigenvalue weighted by atomic mass is 10.1. The average molecular weight is 440 g/mol. The smallest absolute Gasteiger partial charge is 0.256 e. The quantitative estimate of drug-likeness (QED) is 0.382. The normalized spacial score (nSPS) is 10.5. The maximum atomic E-state index is 13.2. The maximum Gasteiger partial charge on any atom is 0.256 e. The molecule has 7 nitrogen and oxygen atoms in total. The molecule has 0 radical (unpaired) electrons. The monoisotopic (exact) mass is 439 g/mol. The highest BCUT2D eigenvalue weighted by Crippen LogP contribution is 2.26. The van der Waals surface area contributed by atoms with Gasteiger partial charge in [0.25, 0.3) is 5.91 Å². The van der Waals surface area contributed by atoms with E-state index < -0.39 is 0 Å². The third-order valence-corrected chi connectivity index (χ3v) is 5.06. The first-order valence-corrected chi connectivity index (χ1v) is 10.5. The molecule has 0 aliphatic heterocycles. The van der Waals surface area contributed by atoms with Crippen LogP contribution in [-0.4, -0.2) is 30.9 Å². The molecule has 7 heteroatoms. The van der Waals surface area contributed by atoms with Crippen molar-refractivity contribution in [2.45, 2.75) is 6.92 Å². The van der Waals surface area contributed by atoms with E-state index in [0.717, 1.165) is 22.3 Å².